The topological polar surface area (TPSA) is 78.5 Å². The van der Waals surface area contributed by atoms with E-state index < -0.39 is 10.0 Å². The fraction of sp³-hybridized carbons (Fsp3) is 0.917. The molecule has 2 heterocycles. The van der Waals surface area contributed by atoms with Gasteiger partial charge in [0, 0.05) is 31.1 Å². The van der Waals surface area contributed by atoms with Crippen molar-refractivity contribution in [2.75, 3.05) is 43.4 Å². The molecule has 2 aliphatic heterocycles. The molecule has 2 aliphatic rings. The zero-order valence-corrected chi connectivity index (χ0v) is 13.3. The highest BCUT2D eigenvalue weighted by atomic mass is 32.2. The quantitative estimate of drug-likeness (QED) is 0.722. The average Bonchev–Trinajstić information content (AvgIpc) is 2.49. The third-order valence-electron chi connectivity index (χ3n) is 3.65. The van der Waals surface area contributed by atoms with Crippen LogP contribution in [0.3, 0.4) is 0 Å². The van der Waals surface area contributed by atoms with Gasteiger partial charge in [0.15, 0.2) is 0 Å². The van der Waals surface area contributed by atoms with Crippen molar-refractivity contribution in [1.82, 2.24) is 14.9 Å². The van der Waals surface area contributed by atoms with Crippen LogP contribution < -0.4 is 10.6 Å². The van der Waals surface area contributed by atoms with Crippen molar-refractivity contribution in [3.8, 4) is 0 Å². The first-order valence-electron chi connectivity index (χ1n) is 7.16. The van der Waals surface area contributed by atoms with Gasteiger partial charge in [-0.15, -0.1) is 0 Å². The second-order valence-electron chi connectivity index (χ2n) is 5.12. The number of carbonyl (C=O) groups is 1. The second-order valence-corrected chi connectivity index (χ2v) is 8.43. The van der Waals surface area contributed by atoms with E-state index in [-0.39, 0.29) is 24.2 Å². The molecule has 0 aromatic carbocycles. The second kappa shape index (κ2) is 7.63. The number of sulfonamides is 1. The minimum Gasteiger partial charge on any atom is -0.354 e. The van der Waals surface area contributed by atoms with Crippen LogP contribution in [0.15, 0.2) is 0 Å². The lowest BCUT2D eigenvalue weighted by molar-refractivity contribution is -0.123. The molecule has 0 aliphatic carbocycles. The molecule has 2 fully saturated rings. The highest BCUT2D eigenvalue weighted by molar-refractivity contribution is 7.99. The van der Waals surface area contributed by atoms with Gasteiger partial charge in [0.05, 0.1) is 11.8 Å². The van der Waals surface area contributed by atoms with E-state index in [0.717, 1.165) is 37.3 Å². The summed E-state index contributed by atoms with van der Waals surface area (Å²) >= 11 is 1.78. The van der Waals surface area contributed by atoms with Crippen molar-refractivity contribution in [3.63, 3.8) is 0 Å². The molecule has 0 spiro atoms. The largest absolute Gasteiger partial charge is 0.354 e. The van der Waals surface area contributed by atoms with Crippen molar-refractivity contribution >= 4 is 27.7 Å². The normalized spacial score (nSPS) is 25.3. The number of hydrogen-bond acceptors (Lipinski definition) is 5. The Bertz CT molecular complexity index is 416. The van der Waals surface area contributed by atoms with E-state index in [1.807, 2.05) is 0 Å². The van der Waals surface area contributed by atoms with Gasteiger partial charge in [-0.2, -0.15) is 11.8 Å². The summed E-state index contributed by atoms with van der Waals surface area (Å²) in [6.07, 6.45) is 2.99. The van der Waals surface area contributed by atoms with Crippen molar-refractivity contribution in [2.24, 2.45) is 0 Å². The molecule has 1 atom stereocenters. The van der Waals surface area contributed by atoms with Gasteiger partial charge in [-0.05, 0) is 19.4 Å². The molecule has 2 rings (SSSR count). The Morgan fingerprint density at radius 3 is 2.70 bits per heavy atom. The zero-order chi connectivity index (χ0) is 14.4. The van der Waals surface area contributed by atoms with Gasteiger partial charge in [-0.25, -0.2) is 12.7 Å². The molecular weight excluding hydrogens is 298 g/mol. The Balaban J connectivity index is 1.72. The van der Waals surface area contributed by atoms with Crippen LogP contribution >= 0.6 is 11.8 Å². The number of hydrogen-bond donors (Lipinski definition) is 2. The summed E-state index contributed by atoms with van der Waals surface area (Å²) in [6.45, 7) is 2.24. The molecule has 2 saturated heterocycles. The van der Waals surface area contributed by atoms with Crippen molar-refractivity contribution in [3.05, 3.63) is 0 Å². The van der Waals surface area contributed by atoms with E-state index in [9.17, 15) is 13.2 Å². The van der Waals surface area contributed by atoms with Crippen LogP contribution in [0.5, 0.6) is 0 Å². The fourth-order valence-electron chi connectivity index (χ4n) is 2.46. The van der Waals surface area contributed by atoms with Crippen LogP contribution in [0.2, 0.25) is 0 Å². The number of carbonyl (C=O) groups excluding carboxylic acids is 1. The Morgan fingerprint density at radius 1 is 1.30 bits per heavy atom. The standard InChI is InChI=1S/C12H23N3O3S2/c16-12(11-3-1-2-4-13-11)14-5-10-20(17,18)15-6-8-19-9-7-15/h11,13H,1-10H2,(H,14,16). The van der Waals surface area contributed by atoms with Crippen LogP contribution in [-0.2, 0) is 14.8 Å². The first-order valence-corrected chi connectivity index (χ1v) is 9.93. The molecule has 1 unspecified atom stereocenters. The van der Waals surface area contributed by atoms with Crippen molar-refractivity contribution < 1.29 is 13.2 Å². The number of thioether (sulfide) groups is 1. The summed E-state index contributed by atoms with van der Waals surface area (Å²) in [4.78, 5) is 11.9. The van der Waals surface area contributed by atoms with E-state index in [2.05, 4.69) is 10.6 Å². The molecule has 2 N–H and O–H groups in total. The number of nitrogens with zero attached hydrogens (tertiary/aromatic N) is 1. The highest BCUT2D eigenvalue weighted by Crippen LogP contribution is 2.13. The van der Waals surface area contributed by atoms with E-state index >= 15 is 0 Å². The molecule has 0 aromatic rings. The number of amides is 1. The molecular formula is C12H23N3O3S2. The van der Waals surface area contributed by atoms with Crippen LogP contribution in [-0.4, -0.2) is 68.1 Å². The number of piperidine rings is 1. The molecule has 20 heavy (non-hydrogen) atoms. The summed E-state index contributed by atoms with van der Waals surface area (Å²) in [6, 6.07) is -0.155. The van der Waals surface area contributed by atoms with Gasteiger partial charge < -0.3 is 10.6 Å². The maximum atomic E-state index is 12.1. The van der Waals surface area contributed by atoms with Gasteiger partial charge in [0.1, 0.15) is 0 Å². The minimum absolute atomic E-state index is 0.00384. The smallest absolute Gasteiger partial charge is 0.237 e. The number of nitrogens with one attached hydrogen (secondary N) is 2. The highest BCUT2D eigenvalue weighted by Gasteiger charge is 2.25. The maximum Gasteiger partial charge on any atom is 0.237 e. The van der Waals surface area contributed by atoms with E-state index in [0.29, 0.717) is 13.1 Å². The summed E-state index contributed by atoms with van der Waals surface area (Å²) in [5, 5.41) is 5.89. The third kappa shape index (κ3) is 4.61. The summed E-state index contributed by atoms with van der Waals surface area (Å²) in [5.74, 6) is 1.64. The van der Waals surface area contributed by atoms with Gasteiger partial charge in [-0.1, -0.05) is 6.42 Å². The van der Waals surface area contributed by atoms with Gasteiger partial charge in [0.25, 0.3) is 0 Å². The first kappa shape index (κ1) is 16.1. The van der Waals surface area contributed by atoms with Crippen LogP contribution in [0.1, 0.15) is 19.3 Å². The Morgan fingerprint density at radius 2 is 2.05 bits per heavy atom. The van der Waals surface area contributed by atoms with Gasteiger partial charge in [0.2, 0.25) is 15.9 Å². The maximum absolute atomic E-state index is 12.1. The molecule has 0 radical (unpaired) electrons. The van der Waals surface area contributed by atoms with Gasteiger partial charge in [-0.3, -0.25) is 4.79 Å². The van der Waals surface area contributed by atoms with E-state index in [4.69, 9.17) is 0 Å². The molecule has 8 heteroatoms. The molecule has 0 bridgehead atoms. The fourth-order valence-corrected chi connectivity index (χ4v) is 4.95. The average molecular weight is 321 g/mol. The summed E-state index contributed by atoms with van der Waals surface area (Å²) in [5.41, 5.74) is 0. The van der Waals surface area contributed by atoms with E-state index in [1.165, 1.54) is 4.31 Å². The third-order valence-corrected chi connectivity index (χ3v) is 6.46. The molecule has 116 valence electrons. The predicted molar refractivity (Wildman–Crippen MR) is 81.3 cm³/mol. The number of rotatable bonds is 5. The van der Waals surface area contributed by atoms with Gasteiger partial charge >= 0.3 is 0 Å². The molecule has 6 nitrogen and oxygen atoms in total. The Hall–Kier alpha value is -0.310. The molecule has 0 saturated carbocycles. The minimum atomic E-state index is -3.22. The van der Waals surface area contributed by atoms with Crippen LogP contribution in [0.25, 0.3) is 0 Å². The molecule has 1 amide bonds. The Labute approximate surface area is 125 Å². The van der Waals surface area contributed by atoms with Crippen LogP contribution in [0.4, 0.5) is 0 Å². The predicted octanol–water partition coefficient (Wildman–Crippen LogP) is -0.377. The van der Waals surface area contributed by atoms with Crippen molar-refractivity contribution in [2.45, 2.75) is 25.3 Å². The zero-order valence-electron chi connectivity index (χ0n) is 11.6. The van der Waals surface area contributed by atoms with E-state index in [1.54, 1.807) is 11.8 Å². The Kier molecular flexibility index (Phi) is 6.13. The molecule has 0 aromatic heterocycles. The lowest BCUT2D eigenvalue weighted by Gasteiger charge is -2.26. The van der Waals surface area contributed by atoms with Crippen LogP contribution in [0, 0.1) is 0 Å². The summed E-state index contributed by atoms with van der Waals surface area (Å²) in [7, 11) is -3.22. The lowest BCUT2D eigenvalue weighted by Crippen LogP contribution is -2.48. The SMILES string of the molecule is O=C(NCCS(=O)(=O)N1CCSCC1)C1CCCCN1. The monoisotopic (exact) mass is 321 g/mol. The lowest BCUT2D eigenvalue weighted by atomic mass is 10.0. The summed E-state index contributed by atoms with van der Waals surface area (Å²) < 4.78 is 25.7. The van der Waals surface area contributed by atoms with Crippen molar-refractivity contribution in [1.29, 1.82) is 0 Å². The first-order chi connectivity index (χ1) is 9.59.